The van der Waals surface area contributed by atoms with Crippen LogP contribution in [-0.4, -0.2) is 132 Å². The Bertz CT molecular complexity index is 571. The van der Waals surface area contributed by atoms with E-state index in [0.717, 1.165) is 58.3 Å². The van der Waals surface area contributed by atoms with Crippen LogP contribution in [0.5, 0.6) is 0 Å². The summed E-state index contributed by atoms with van der Waals surface area (Å²) in [4.78, 5) is 34.1. The Labute approximate surface area is 166 Å². The maximum Gasteiger partial charge on any atom is 0.411 e. The van der Waals surface area contributed by atoms with Crippen molar-refractivity contribution in [2.45, 2.75) is 37.6 Å². The van der Waals surface area contributed by atoms with Crippen LogP contribution < -0.4 is 0 Å². The number of carboxylic acids is 1. The monoisotopic (exact) mass is 395 g/mol. The first-order chi connectivity index (χ1) is 13.5. The number of piperazine rings is 2. The molecule has 0 bridgehead atoms. The van der Waals surface area contributed by atoms with Gasteiger partial charge in [0.05, 0.1) is 12.6 Å². The lowest BCUT2D eigenvalue weighted by Gasteiger charge is -2.39. The first-order valence-corrected chi connectivity index (χ1v) is 10.6. The van der Waals surface area contributed by atoms with E-state index in [1.165, 1.54) is 12.8 Å². The Kier molecular flexibility index (Phi) is 6.05. The summed E-state index contributed by atoms with van der Waals surface area (Å²) >= 11 is 0. The number of likely N-dealkylation sites (N-methyl/N-ethyl adjacent to an activating group) is 1. The highest BCUT2D eigenvalue weighted by Crippen LogP contribution is 2.28. The van der Waals surface area contributed by atoms with Gasteiger partial charge < -0.3 is 19.6 Å². The molecule has 2 atom stereocenters. The minimum absolute atomic E-state index is 0.0555. The fraction of sp³-hybridized carbons (Fsp3) is 0.895. The van der Waals surface area contributed by atoms with E-state index in [1.807, 2.05) is 11.9 Å². The second kappa shape index (κ2) is 8.52. The highest BCUT2D eigenvalue weighted by molar-refractivity contribution is 5.70. The van der Waals surface area contributed by atoms with E-state index in [4.69, 9.17) is 9.84 Å². The van der Waals surface area contributed by atoms with Crippen molar-refractivity contribution in [3.8, 4) is 0 Å². The van der Waals surface area contributed by atoms with Crippen LogP contribution in [0.1, 0.15) is 19.3 Å². The summed E-state index contributed by atoms with van der Waals surface area (Å²) in [5.74, 6) is -0.792. The lowest BCUT2D eigenvalue weighted by Crippen LogP contribution is -2.55. The third kappa shape index (κ3) is 4.59. The van der Waals surface area contributed by atoms with Crippen molar-refractivity contribution in [2.24, 2.45) is 0 Å². The molecule has 28 heavy (non-hydrogen) atoms. The molecular weight excluding hydrogens is 362 g/mol. The number of cyclic esters (lactones) is 1. The van der Waals surface area contributed by atoms with Crippen molar-refractivity contribution in [1.82, 2.24) is 24.5 Å². The Balaban J connectivity index is 1.26. The molecule has 4 fully saturated rings. The van der Waals surface area contributed by atoms with E-state index >= 15 is 0 Å². The van der Waals surface area contributed by atoms with Gasteiger partial charge in [-0.1, -0.05) is 0 Å². The number of carbonyl (C=O) groups is 2. The molecule has 4 rings (SSSR count). The zero-order chi connectivity index (χ0) is 19.7. The van der Waals surface area contributed by atoms with Crippen LogP contribution in [0.3, 0.4) is 0 Å². The van der Waals surface area contributed by atoms with Gasteiger partial charge in [-0.15, -0.1) is 0 Å². The topological polar surface area (TPSA) is 79.8 Å². The molecule has 1 N–H and O–H groups in total. The molecule has 158 valence electrons. The van der Waals surface area contributed by atoms with Crippen molar-refractivity contribution >= 4 is 12.1 Å². The van der Waals surface area contributed by atoms with Crippen LogP contribution in [0.2, 0.25) is 0 Å². The average molecular weight is 396 g/mol. The number of nitrogens with zero attached hydrogens (tertiary/aromatic N) is 5. The number of ether oxygens (including phenoxy) is 1. The zero-order valence-corrected chi connectivity index (χ0v) is 16.8. The smallest absolute Gasteiger partial charge is 0.411 e. The normalized spacial score (nSPS) is 31.3. The first-order valence-electron chi connectivity index (χ1n) is 10.6. The Morgan fingerprint density at radius 1 is 1.00 bits per heavy atom. The Morgan fingerprint density at radius 3 is 2.21 bits per heavy atom. The summed E-state index contributed by atoms with van der Waals surface area (Å²) in [5.41, 5.74) is 0. The van der Waals surface area contributed by atoms with E-state index in [9.17, 15) is 9.59 Å². The minimum atomic E-state index is -0.792. The SMILES string of the molecule is CN1C(=O)OC(N2CCN(CC(=O)O)CC2)C1CCN1CCN(C2CC2)CC1. The molecule has 3 aliphatic heterocycles. The van der Waals surface area contributed by atoms with Crippen LogP contribution in [0, 0.1) is 0 Å². The van der Waals surface area contributed by atoms with Crippen molar-refractivity contribution in [3.05, 3.63) is 0 Å². The largest absolute Gasteiger partial charge is 0.480 e. The van der Waals surface area contributed by atoms with Gasteiger partial charge in [-0.2, -0.15) is 0 Å². The van der Waals surface area contributed by atoms with Crippen LogP contribution in [0.25, 0.3) is 0 Å². The minimum Gasteiger partial charge on any atom is -0.480 e. The van der Waals surface area contributed by atoms with Crippen LogP contribution in [0.15, 0.2) is 0 Å². The molecule has 3 heterocycles. The van der Waals surface area contributed by atoms with Gasteiger partial charge in [-0.3, -0.25) is 19.5 Å². The Morgan fingerprint density at radius 2 is 1.61 bits per heavy atom. The second-order valence-electron chi connectivity index (χ2n) is 8.56. The highest BCUT2D eigenvalue weighted by atomic mass is 16.6. The van der Waals surface area contributed by atoms with Crippen molar-refractivity contribution in [3.63, 3.8) is 0 Å². The third-order valence-electron chi connectivity index (χ3n) is 6.67. The van der Waals surface area contributed by atoms with E-state index in [1.54, 1.807) is 4.90 Å². The van der Waals surface area contributed by atoms with Crippen LogP contribution in [0.4, 0.5) is 4.79 Å². The maximum atomic E-state index is 12.2. The van der Waals surface area contributed by atoms with Gasteiger partial charge in [0.1, 0.15) is 0 Å². The maximum absolute atomic E-state index is 12.2. The third-order valence-corrected chi connectivity index (χ3v) is 6.67. The number of carbonyl (C=O) groups excluding carboxylic acids is 1. The molecule has 3 saturated heterocycles. The molecular formula is C19H33N5O4. The second-order valence-corrected chi connectivity index (χ2v) is 8.56. The van der Waals surface area contributed by atoms with Crippen LogP contribution >= 0.6 is 0 Å². The number of rotatable bonds is 7. The predicted octanol–water partition coefficient (Wildman–Crippen LogP) is -0.365. The molecule has 1 aliphatic carbocycles. The van der Waals surface area contributed by atoms with Gasteiger partial charge in [0.2, 0.25) is 0 Å². The Hall–Kier alpha value is -1.42. The predicted molar refractivity (Wildman–Crippen MR) is 103 cm³/mol. The number of hydrogen-bond donors (Lipinski definition) is 1. The lowest BCUT2D eigenvalue weighted by atomic mass is 10.1. The van der Waals surface area contributed by atoms with Gasteiger partial charge in [0.15, 0.2) is 6.23 Å². The molecule has 0 spiro atoms. The summed E-state index contributed by atoms with van der Waals surface area (Å²) in [5, 5.41) is 8.96. The van der Waals surface area contributed by atoms with E-state index in [2.05, 4.69) is 14.7 Å². The highest BCUT2D eigenvalue weighted by Gasteiger charge is 2.43. The first kappa shape index (κ1) is 19.9. The molecule has 2 unspecified atom stereocenters. The van der Waals surface area contributed by atoms with Crippen molar-refractivity contribution in [1.29, 1.82) is 0 Å². The van der Waals surface area contributed by atoms with E-state index < -0.39 is 5.97 Å². The van der Waals surface area contributed by atoms with E-state index in [0.29, 0.717) is 13.1 Å². The van der Waals surface area contributed by atoms with E-state index in [-0.39, 0.29) is 24.9 Å². The quantitative estimate of drug-likeness (QED) is 0.626. The molecule has 0 aromatic heterocycles. The fourth-order valence-electron chi connectivity index (χ4n) is 4.72. The zero-order valence-electron chi connectivity index (χ0n) is 16.8. The van der Waals surface area contributed by atoms with Gasteiger partial charge in [0.25, 0.3) is 0 Å². The van der Waals surface area contributed by atoms with Gasteiger partial charge >= 0.3 is 12.1 Å². The van der Waals surface area contributed by atoms with Crippen LogP contribution in [-0.2, 0) is 9.53 Å². The van der Waals surface area contributed by atoms with Crippen molar-refractivity contribution in [2.75, 3.05) is 72.5 Å². The summed E-state index contributed by atoms with van der Waals surface area (Å²) in [6.45, 7) is 8.46. The van der Waals surface area contributed by atoms with Gasteiger partial charge in [0, 0.05) is 72.0 Å². The molecule has 1 saturated carbocycles. The number of amides is 1. The standard InChI is InChI=1S/C19H33N5O4/c1-20-16(4-5-21-6-10-23(11-7-21)15-2-3-15)18(28-19(20)27)24-12-8-22(9-13-24)14-17(25)26/h15-16,18H,2-14H2,1H3,(H,25,26). The molecule has 0 aromatic carbocycles. The molecule has 0 radical (unpaired) electrons. The number of carboxylic acid groups (broad SMARTS) is 1. The summed E-state index contributed by atoms with van der Waals surface area (Å²) < 4.78 is 5.69. The summed E-state index contributed by atoms with van der Waals surface area (Å²) in [6, 6.07) is 0.901. The molecule has 9 nitrogen and oxygen atoms in total. The molecule has 1 amide bonds. The number of hydrogen-bond acceptors (Lipinski definition) is 7. The van der Waals surface area contributed by atoms with Gasteiger partial charge in [-0.05, 0) is 19.3 Å². The lowest BCUT2D eigenvalue weighted by molar-refractivity contribution is -0.139. The molecule has 9 heteroatoms. The summed E-state index contributed by atoms with van der Waals surface area (Å²) in [7, 11) is 1.83. The van der Waals surface area contributed by atoms with Gasteiger partial charge in [-0.25, -0.2) is 4.79 Å². The molecule has 0 aromatic rings. The fourth-order valence-corrected chi connectivity index (χ4v) is 4.72. The average Bonchev–Trinajstić information content (AvgIpc) is 3.49. The van der Waals surface area contributed by atoms with Crippen molar-refractivity contribution < 1.29 is 19.4 Å². The molecule has 4 aliphatic rings. The summed E-state index contributed by atoms with van der Waals surface area (Å²) in [6.07, 6.45) is 3.17. The number of aliphatic carboxylic acids is 1.